The van der Waals surface area contributed by atoms with Gasteiger partial charge in [0.15, 0.2) is 0 Å². The molecule has 1 saturated heterocycles. The summed E-state index contributed by atoms with van der Waals surface area (Å²) in [5, 5.41) is 3.21. The monoisotopic (exact) mass is 203 g/mol. The van der Waals surface area contributed by atoms with Gasteiger partial charge in [-0.2, -0.15) is 0 Å². The van der Waals surface area contributed by atoms with Crippen molar-refractivity contribution in [3.05, 3.63) is 42.0 Å². The Balaban J connectivity index is 1.87. The number of esters is 1. The van der Waals surface area contributed by atoms with Gasteiger partial charge in [-0.15, -0.1) is 0 Å². The molecule has 1 fully saturated rings. The van der Waals surface area contributed by atoms with E-state index in [1.807, 2.05) is 36.4 Å². The molecule has 0 unspecified atom stereocenters. The fraction of sp³-hybridized carbons (Fsp3) is 0.250. The van der Waals surface area contributed by atoms with Gasteiger partial charge in [-0.1, -0.05) is 24.3 Å². The van der Waals surface area contributed by atoms with E-state index in [9.17, 15) is 4.79 Å². The Bertz CT molecular complexity index is 370. The van der Waals surface area contributed by atoms with E-state index in [0.29, 0.717) is 13.2 Å². The van der Waals surface area contributed by atoms with Crippen LogP contribution in [0.15, 0.2) is 42.0 Å². The molecule has 3 heteroatoms. The number of carbonyl (C=O) groups excluding carboxylic acids is 1. The maximum absolute atomic E-state index is 11.1. The Morgan fingerprint density at radius 2 is 2.13 bits per heavy atom. The summed E-state index contributed by atoms with van der Waals surface area (Å²) in [6.45, 7) is 1.18. The molecule has 0 bridgehead atoms. The van der Waals surface area contributed by atoms with Gasteiger partial charge in [0.1, 0.15) is 0 Å². The van der Waals surface area contributed by atoms with Crippen molar-refractivity contribution in [1.29, 1.82) is 0 Å². The van der Waals surface area contributed by atoms with E-state index in [2.05, 4.69) is 5.32 Å². The molecule has 1 heterocycles. The van der Waals surface area contributed by atoms with E-state index >= 15 is 0 Å². The first-order valence-electron chi connectivity index (χ1n) is 5.01. The van der Waals surface area contributed by atoms with Crippen molar-refractivity contribution in [2.24, 2.45) is 0 Å². The fourth-order valence-electron chi connectivity index (χ4n) is 1.48. The number of para-hydroxylation sites is 1. The lowest BCUT2D eigenvalue weighted by Gasteiger charge is -2.02. The lowest BCUT2D eigenvalue weighted by molar-refractivity contribution is -0.135. The van der Waals surface area contributed by atoms with E-state index in [1.165, 1.54) is 0 Å². The van der Waals surface area contributed by atoms with Crippen molar-refractivity contribution < 1.29 is 9.53 Å². The Morgan fingerprint density at radius 1 is 1.33 bits per heavy atom. The Kier molecular flexibility index (Phi) is 3.02. The predicted molar refractivity (Wildman–Crippen MR) is 58.6 cm³/mol. The second-order valence-electron chi connectivity index (χ2n) is 3.36. The minimum Gasteiger partial charge on any atom is -0.462 e. The average molecular weight is 203 g/mol. The number of carbonyl (C=O) groups is 1. The predicted octanol–water partition coefficient (Wildman–Crippen LogP) is 1.97. The van der Waals surface area contributed by atoms with Crippen molar-refractivity contribution in [3.63, 3.8) is 0 Å². The van der Waals surface area contributed by atoms with Crippen LogP contribution in [0.2, 0.25) is 0 Å². The number of benzene rings is 1. The molecule has 2 rings (SSSR count). The van der Waals surface area contributed by atoms with Gasteiger partial charge >= 0.3 is 5.97 Å². The van der Waals surface area contributed by atoms with E-state index < -0.39 is 0 Å². The lowest BCUT2D eigenvalue weighted by Crippen LogP contribution is -2.01. The highest BCUT2D eigenvalue weighted by Crippen LogP contribution is 2.12. The molecule has 1 aromatic carbocycles. The molecule has 0 spiro atoms. The largest absolute Gasteiger partial charge is 0.462 e. The molecule has 15 heavy (non-hydrogen) atoms. The van der Waals surface area contributed by atoms with Crippen molar-refractivity contribution in [1.82, 2.24) is 0 Å². The summed E-state index contributed by atoms with van der Waals surface area (Å²) in [6, 6.07) is 9.90. The fourth-order valence-corrected chi connectivity index (χ4v) is 1.48. The molecular formula is C12H13NO2. The Hall–Kier alpha value is -1.77. The maximum atomic E-state index is 11.1. The zero-order valence-corrected chi connectivity index (χ0v) is 8.40. The zero-order chi connectivity index (χ0) is 10.5. The molecule has 1 N–H and O–H groups in total. The van der Waals surface area contributed by atoms with Gasteiger partial charge in [0, 0.05) is 24.2 Å². The molecule has 0 radical (unpaired) electrons. The number of hydrogen-bond acceptors (Lipinski definition) is 3. The van der Waals surface area contributed by atoms with Crippen LogP contribution in [0, 0.1) is 0 Å². The maximum Gasteiger partial charge on any atom is 0.333 e. The van der Waals surface area contributed by atoms with E-state index in [1.54, 1.807) is 0 Å². The Morgan fingerprint density at radius 3 is 2.80 bits per heavy atom. The average Bonchev–Trinajstić information content (AvgIpc) is 2.66. The second kappa shape index (κ2) is 4.64. The molecular weight excluding hydrogens is 190 g/mol. The number of nitrogens with one attached hydrogen (secondary N) is 1. The van der Waals surface area contributed by atoms with Crippen LogP contribution < -0.4 is 5.32 Å². The van der Waals surface area contributed by atoms with Gasteiger partial charge in [0.2, 0.25) is 0 Å². The topological polar surface area (TPSA) is 38.3 Å². The van der Waals surface area contributed by atoms with Crippen LogP contribution in [0.5, 0.6) is 0 Å². The Labute approximate surface area is 88.8 Å². The summed E-state index contributed by atoms with van der Waals surface area (Å²) >= 11 is 0. The number of hydrogen-bond donors (Lipinski definition) is 1. The van der Waals surface area contributed by atoms with E-state index in [0.717, 1.165) is 17.7 Å². The van der Waals surface area contributed by atoms with Gasteiger partial charge in [0.25, 0.3) is 0 Å². The summed E-state index contributed by atoms with van der Waals surface area (Å²) < 4.78 is 4.83. The van der Waals surface area contributed by atoms with Gasteiger partial charge < -0.3 is 10.1 Å². The molecule has 0 saturated carbocycles. The van der Waals surface area contributed by atoms with Crippen molar-refractivity contribution in [3.8, 4) is 0 Å². The molecule has 0 amide bonds. The van der Waals surface area contributed by atoms with Crippen LogP contribution in [0.3, 0.4) is 0 Å². The molecule has 1 aromatic rings. The van der Waals surface area contributed by atoms with Crippen molar-refractivity contribution in [2.75, 3.05) is 18.5 Å². The molecule has 3 nitrogen and oxygen atoms in total. The third-order valence-corrected chi connectivity index (χ3v) is 2.30. The summed E-state index contributed by atoms with van der Waals surface area (Å²) in [7, 11) is 0. The van der Waals surface area contributed by atoms with Crippen molar-refractivity contribution in [2.45, 2.75) is 6.42 Å². The van der Waals surface area contributed by atoms with Gasteiger partial charge in [-0.25, -0.2) is 4.79 Å². The smallest absolute Gasteiger partial charge is 0.333 e. The van der Waals surface area contributed by atoms with E-state index in [4.69, 9.17) is 4.74 Å². The van der Waals surface area contributed by atoms with E-state index in [-0.39, 0.29) is 5.97 Å². The highest BCUT2D eigenvalue weighted by Gasteiger charge is 2.17. The van der Waals surface area contributed by atoms with Crippen LogP contribution in [-0.2, 0) is 9.53 Å². The minimum absolute atomic E-state index is 0.176. The number of anilines is 1. The first kappa shape index (κ1) is 9.77. The molecule has 0 aromatic heterocycles. The van der Waals surface area contributed by atoms with Gasteiger partial charge in [-0.3, -0.25) is 0 Å². The van der Waals surface area contributed by atoms with Crippen LogP contribution >= 0.6 is 0 Å². The van der Waals surface area contributed by atoms with Gasteiger partial charge in [-0.05, 0) is 12.1 Å². The van der Waals surface area contributed by atoms with Crippen LogP contribution in [-0.4, -0.2) is 19.1 Å². The highest BCUT2D eigenvalue weighted by atomic mass is 16.5. The number of cyclic esters (lactones) is 1. The number of ether oxygens (including phenoxy) is 1. The third kappa shape index (κ3) is 2.59. The SMILES string of the molecule is O=C1OCC/C1=C/CNc1ccccc1. The molecule has 1 aliphatic heterocycles. The molecule has 0 atom stereocenters. The summed E-state index contributed by atoms with van der Waals surface area (Å²) in [5.74, 6) is -0.176. The number of rotatable bonds is 3. The molecule has 1 aliphatic rings. The lowest BCUT2D eigenvalue weighted by atomic mass is 10.2. The minimum atomic E-state index is -0.176. The van der Waals surface area contributed by atoms with Gasteiger partial charge in [0.05, 0.1) is 6.61 Å². The van der Waals surface area contributed by atoms with Crippen LogP contribution in [0.1, 0.15) is 6.42 Å². The van der Waals surface area contributed by atoms with Crippen LogP contribution in [0.4, 0.5) is 5.69 Å². The quantitative estimate of drug-likeness (QED) is 0.603. The van der Waals surface area contributed by atoms with Crippen molar-refractivity contribution >= 4 is 11.7 Å². The zero-order valence-electron chi connectivity index (χ0n) is 8.40. The standard InChI is InChI=1S/C12H13NO2/c14-12-10(7-9-15-12)6-8-13-11-4-2-1-3-5-11/h1-6,13H,7-9H2/b10-6-. The second-order valence-corrected chi connectivity index (χ2v) is 3.36. The van der Waals surface area contributed by atoms with Crippen LogP contribution in [0.25, 0.3) is 0 Å². The summed E-state index contributed by atoms with van der Waals surface area (Å²) in [4.78, 5) is 11.1. The summed E-state index contributed by atoms with van der Waals surface area (Å²) in [6.07, 6.45) is 2.62. The normalized spacial score (nSPS) is 17.9. The molecule has 0 aliphatic carbocycles. The first-order valence-corrected chi connectivity index (χ1v) is 5.01. The third-order valence-electron chi connectivity index (χ3n) is 2.30. The summed E-state index contributed by atoms with van der Waals surface area (Å²) in [5.41, 5.74) is 1.83. The highest BCUT2D eigenvalue weighted by molar-refractivity contribution is 5.90. The molecule has 78 valence electrons. The first-order chi connectivity index (χ1) is 7.36.